The van der Waals surface area contributed by atoms with E-state index in [1.54, 1.807) is 14.2 Å². The smallest absolute Gasteiger partial charge is 0.418 e. The van der Waals surface area contributed by atoms with Crippen LogP contribution in [0.15, 0.2) is 65.7 Å². The van der Waals surface area contributed by atoms with Crippen LogP contribution in [0.3, 0.4) is 0 Å². The summed E-state index contributed by atoms with van der Waals surface area (Å²) >= 11 is 0. The molecule has 5 rings (SSSR count). The second kappa shape index (κ2) is 11.6. The van der Waals surface area contributed by atoms with E-state index in [9.17, 15) is 18.0 Å². The maximum Gasteiger partial charge on any atom is 0.418 e. The average Bonchev–Trinajstić information content (AvgIpc) is 2.96. The first kappa shape index (κ1) is 28.2. The van der Waals surface area contributed by atoms with Crippen molar-refractivity contribution in [1.82, 2.24) is 15.0 Å². The van der Waals surface area contributed by atoms with Crippen molar-refractivity contribution in [2.45, 2.75) is 51.4 Å². The molecule has 1 aliphatic carbocycles. The van der Waals surface area contributed by atoms with Crippen LogP contribution in [0.2, 0.25) is 0 Å². The quantitative estimate of drug-likeness (QED) is 0.283. The van der Waals surface area contributed by atoms with E-state index in [1.165, 1.54) is 19.3 Å². The molecule has 0 saturated heterocycles. The highest BCUT2D eigenvalue weighted by Gasteiger charge is 2.40. The zero-order valence-electron chi connectivity index (χ0n) is 23.1. The number of aromatic amines is 1. The molecular formula is C31H31F3N4O3. The summed E-state index contributed by atoms with van der Waals surface area (Å²) < 4.78 is 53.9. The van der Waals surface area contributed by atoms with Gasteiger partial charge in [0.05, 0.1) is 37.5 Å². The number of methoxy groups -OCH3 is 2. The van der Waals surface area contributed by atoms with Crippen LogP contribution in [0.1, 0.15) is 51.5 Å². The summed E-state index contributed by atoms with van der Waals surface area (Å²) in [7, 11) is 3.19. The molecule has 2 heterocycles. The number of nitrogens with one attached hydrogen (secondary N) is 1. The summed E-state index contributed by atoms with van der Waals surface area (Å²) in [5.74, 6) is 1.34. The number of hydrogen-bond acceptors (Lipinski definition) is 6. The van der Waals surface area contributed by atoms with Gasteiger partial charge in [-0.3, -0.25) is 4.79 Å². The van der Waals surface area contributed by atoms with Gasteiger partial charge >= 0.3 is 6.18 Å². The predicted molar refractivity (Wildman–Crippen MR) is 149 cm³/mol. The zero-order chi connectivity index (χ0) is 29.1. The number of nitrogens with zero attached hydrogens (tertiary/aromatic N) is 3. The van der Waals surface area contributed by atoms with Gasteiger partial charge in [-0.1, -0.05) is 24.3 Å². The Bertz CT molecular complexity index is 1520. The summed E-state index contributed by atoms with van der Waals surface area (Å²) in [5, 5.41) is 0. The molecule has 0 bridgehead atoms. The number of anilines is 1. The van der Waals surface area contributed by atoms with Crippen LogP contribution in [0.25, 0.3) is 0 Å². The van der Waals surface area contributed by atoms with Crippen LogP contribution >= 0.6 is 0 Å². The molecule has 2 aromatic heterocycles. The number of ether oxygens (including phenoxy) is 2. The molecule has 214 valence electrons. The molecule has 1 unspecified atom stereocenters. The minimum absolute atomic E-state index is 0.00491. The van der Waals surface area contributed by atoms with E-state index in [4.69, 9.17) is 14.5 Å². The summed E-state index contributed by atoms with van der Waals surface area (Å²) in [6.07, 6.45) is -2.35. The topological polar surface area (TPSA) is 80.3 Å². The number of halogens is 3. The Labute approximate surface area is 236 Å². The highest BCUT2D eigenvalue weighted by Crippen LogP contribution is 2.41. The Kier molecular flexibility index (Phi) is 8.01. The van der Waals surface area contributed by atoms with E-state index in [2.05, 4.69) is 9.97 Å². The fourth-order valence-corrected chi connectivity index (χ4v) is 5.41. The molecule has 1 N–H and O–H groups in total. The first-order valence-corrected chi connectivity index (χ1v) is 13.3. The Balaban J connectivity index is 1.57. The van der Waals surface area contributed by atoms with Crippen molar-refractivity contribution in [2.75, 3.05) is 19.1 Å². The van der Waals surface area contributed by atoms with Crippen molar-refractivity contribution < 1.29 is 22.6 Å². The Hall–Kier alpha value is -4.34. The maximum absolute atomic E-state index is 14.4. The molecule has 1 aliphatic rings. The van der Waals surface area contributed by atoms with Crippen LogP contribution < -0.4 is 19.9 Å². The number of fused-ring (bicyclic) bond motifs is 1. The Morgan fingerprint density at radius 1 is 0.976 bits per heavy atom. The summed E-state index contributed by atoms with van der Waals surface area (Å²) in [5.41, 5.74) is 2.11. The first-order chi connectivity index (χ1) is 19.7. The largest absolute Gasteiger partial charge is 0.497 e. The molecule has 0 saturated carbocycles. The van der Waals surface area contributed by atoms with Crippen molar-refractivity contribution in [2.24, 2.45) is 0 Å². The fourth-order valence-electron chi connectivity index (χ4n) is 5.41. The van der Waals surface area contributed by atoms with Gasteiger partial charge in [0.25, 0.3) is 5.56 Å². The highest BCUT2D eigenvalue weighted by atomic mass is 19.4. The lowest BCUT2D eigenvalue weighted by molar-refractivity contribution is -0.139. The van der Waals surface area contributed by atoms with Gasteiger partial charge in [-0.15, -0.1) is 0 Å². The van der Waals surface area contributed by atoms with Crippen LogP contribution in [0.5, 0.6) is 11.5 Å². The van der Waals surface area contributed by atoms with Gasteiger partial charge in [-0.05, 0) is 73.2 Å². The second-order valence-electron chi connectivity index (χ2n) is 10.2. The summed E-state index contributed by atoms with van der Waals surface area (Å²) in [6.45, 7) is 2.31. The van der Waals surface area contributed by atoms with Gasteiger partial charge in [-0.2, -0.15) is 13.2 Å². The zero-order valence-corrected chi connectivity index (χ0v) is 23.1. The third-order valence-corrected chi connectivity index (χ3v) is 7.51. The van der Waals surface area contributed by atoms with E-state index < -0.39 is 17.7 Å². The lowest BCUT2D eigenvalue weighted by atomic mass is 9.82. The minimum atomic E-state index is -4.58. The van der Waals surface area contributed by atoms with E-state index >= 15 is 0 Å². The first-order valence-electron chi connectivity index (χ1n) is 13.3. The number of hydrogen-bond donors (Lipinski definition) is 1. The molecule has 0 spiro atoms. The molecule has 10 heteroatoms. The van der Waals surface area contributed by atoms with Gasteiger partial charge in [0.15, 0.2) is 0 Å². The molecule has 7 nitrogen and oxygen atoms in total. The number of rotatable bonds is 8. The van der Waals surface area contributed by atoms with Gasteiger partial charge in [0.2, 0.25) is 0 Å². The molecule has 1 atom stereocenters. The minimum Gasteiger partial charge on any atom is -0.497 e. The lowest BCUT2D eigenvalue weighted by Gasteiger charge is -2.30. The SMILES string of the molecule is COc1ccc(CN(Cc2ccc(OC)cc2)c2cc(C)c(C(F)(F)F)c(C3CCc4c(nc[nH]c4=O)C3)n2)cc1. The van der Waals surface area contributed by atoms with Gasteiger partial charge in [0.1, 0.15) is 17.3 Å². The standard InChI is InChI=1S/C31H31F3N4O3/c1-19-14-27(37-29(28(19)31(32,33)34)22-8-13-25-26(15-22)35-18-36-30(25)39)38(16-20-4-9-23(40-2)10-5-20)17-21-6-11-24(41-3)12-7-21/h4-7,9-12,14,18,22H,8,13,15-17H2,1-3H3,(H,35,36,39). The average molecular weight is 565 g/mol. The molecular weight excluding hydrogens is 533 g/mol. The molecule has 0 amide bonds. The summed E-state index contributed by atoms with van der Waals surface area (Å²) in [4.78, 5) is 25.8. The van der Waals surface area contributed by atoms with E-state index in [-0.39, 0.29) is 23.2 Å². The maximum atomic E-state index is 14.4. The normalized spacial score (nSPS) is 14.8. The van der Waals surface area contributed by atoms with E-state index in [0.717, 1.165) is 11.1 Å². The predicted octanol–water partition coefficient (Wildman–Crippen LogP) is 5.99. The third kappa shape index (κ3) is 6.21. The Morgan fingerprint density at radius 3 is 2.10 bits per heavy atom. The number of alkyl halides is 3. The fraction of sp³-hybridized carbons (Fsp3) is 0.323. The van der Waals surface area contributed by atoms with Crippen molar-refractivity contribution in [3.8, 4) is 11.5 Å². The van der Waals surface area contributed by atoms with Crippen molar-refractivity contribution in [1.29, 1.82) is 0 Å². The van der Waals surface area contributed by atoms with Crippen LogP contribution in [0, 0.1) is 6.92 Å². The molecule has 4 aromatic rings. The summed E-state index contributed by atoms with van der Waals surface area (Å²) in [6, 6.07) is 16.6. The second-order valence-corrected chi connectivity index (χ2v) is 10.2. The van der Waals surface area contributed by atoms with Crippen molar-refractivity contribution >= 4 is 5.82 Å². The van der Waals surface area contributed by atoms with Gasteiger partial charge in [0, 0.05) is 24.6 Å². The Morgan fingerprint density at radius 2 is 1.56 bits per heavy atom. The number of pyridine rings is 1. The third-order valence-electron chi connectivity index (χ3n) is 7.51. The molecule has 2 aromatic carbocycles. The number of H-pyrrole nitrogens is 1. The van der Waals surface area contributed by atoms with Crippen LogP contribution in [0.4, 0.5) is 19.0 Å². The number of aryl methyl sites for hydroxylation is 1. The van der Waals surface area contributed by atoms with E-state index in [0.29, 0.717) is 54.5 Å². The van der Waals surface area contributed by atoms with Crippen LogP contribution in [-0.4, -0.2) is 29.2 Å². The lowest BCUT2D eigenvalue weighted by Crippen LogP contribution is -2.28. The number of benzene rings is 2. The van der Waals surface area contributed by atoms with Crippen molar-refractivity contribution in [3.05, 3.63) is 110 Å². The van der Waals surface area contributed by atoms with Gasteiger partial charge < -0.3 is 19.4 Å². The molecule has 0 aliphatic heterocycles. The van der Waals surface area contributed by atoms with E-state index in [1.807, 2.05) is 53.4 Å². The molecule has 0 radical (unpaired) electrons. The molecule has 41 heavy (non-hydrogen) atoms. The van der Waals surface area contributed by atoms with Gasteiger partial charge in [-0.25, -0.2) is 9.97 Å². The molecule has 0 fully saturated rings. The highest BCUT2D eigenvalue weighted by molar-refractivity contribution is 5.50. The number of aromatic nitrogens is 3. The monoisotopic (exact) mass is 564 g/mol. The van der Waals surface area contributed by atoms with Crippen LogP contribution in [-0.2, 0) is 32.1 Å². The van der Waals surface area contributed by atoms with Crippen molar-refractivity contribution in [3.63, 3.8) is 0 Å².